The summed E-state index contributed by atoms with van der Waals surface area (Å²) >= 11 is 0. The van der Waals surface area contributed by atoms with Gasteiger partial charge in [0.1, 0.15) is 0 Å². The van der Waals surface area contributed by atoms with E-state index < -0.39 is 0 Å². The fourth-order valence-electron chi connectivity index (χ4n) is 1.47. The largest absolute Gasteiger partial charge is 0.357 e. The summed E-state index contributed by atoms with van der Waals surface area (Å²) in [4.78, 5) is 4.55. The maximum Gasteiger partial charge on any atom is 0.191 e. The van der Waals surface area contributed by atoms with Gasteiger partial charge in [0, 0.05) is 32.5 Å². The van der Waals surface area contributed by atoms with E-state index in [2.05, 4.69) is 48.7 Å². The maximum absolute atomic E-state index is 4.55. The van der Waals surface area contributed by atoms with E-state index in [9.17, 15) is 0 Å². The first-order chi connectivity index (χ1) is 8.11. The van der Waals surface area contributed by atoms with Gasteiger partial charge in [-0.1, -0.05) is 13.8 Å². The molecule has 1 heterocycles. The van der Waals surface area contributed by atoms with Crippen molar-refractivity contribution < 1.29 is 0 Å². The summed E-state index contributed by atoms with van der Waals surface area (Å²) in [6, 6.07) is 2.09. The van der Waals surface area contributed by atoms with Crippen molar-refractivity contribution in [2.45, 2.75) is 27.3 Å². The smallest absolute Gasteiger partial charge is 0.191 e. The molecule has 1 rings (SSSR count). The van der Waals surface area contributed by atoms with E-state index in [0.29, 0.717) is 12.5 Å². The first-order valence-electron chi connectivity index (χ1n) is 6.24. The average molecular weight is 236 g/mol. The van der Waals surface area contributed by atoms with Gasteiger partial charge in [-0.2, -0.15) is 0 Å². The molecular formula is C13H24N4. The third-order valence-electron chi connectivity index (χ3n) is 2.33. The molecule has 1 aromatic rings. The molecule has 0 amide bonds. The van der Waals surface area contributed by atoms with Gasteiger partial charge in [0.05, 0.1) is 6.54 Å². The zero-order valence-electron chi connectivity index (χ0n) is 11.3. The predicted molar refractivity (Wildman–Crippen MR) is 73.1 cm³/mol. The van der Waals surface area contributed by atoms with Gasteiger partial charge >= 0.3 is 0 Å². The Morgan fingerprint density at radius 2 is 2.18 bits per heavy atom. The summed E-state index contributed by atoms with van der Waals surface area (Å²) in [5.41, 5.74) is 1.23. The molecule has 0 radical (unpaired) electrons. The molecule has 1 aromatic heterocycles. The molecule has 0 atom stereocenters. The molecule has 0 unspecified atom stereocenters. The molecular weight excluding hydrogens is 212 g/mol. The summed E-state index contributed by atoms with van der Waals surface area (Å²) in [5.74, 6) is 1.51. The summed E-state index contributed by atoms with van der Waals surface area (Å²) < 4.78 is 2.04. The number of nitrogens with zero attached hydrogens (tertiary/aromatic N) is 2. The van der Waals surface area contributed by atoms with Crippen LogP contribution in [0.4, 0.5) is 0 Å². The topological polar surface area (TPSA) is 41.4 Å². The number of rotatable bonds is 5. The van der Waals surface area contributed by atoms with Crippen LogP contribution in [-0.4, -0.2) is 23.6 Å². The number of guanidine groups is 1. The Labute approximate surface area is 104 Å². The lowest BCUT2D eigenvalue weighted by Gasteiger charge is -2.12. The van der Waals surface area contributed by atoms with Gasteiger partial charge in [-0.05, 0) is 24.5 Å². The number of aryl methyl sites for hydroxylation is 1. The minimum Gasteiger partial charge on any atom is -0.357 e. The zero-order valence-corrected chi connectivity index (χ0v) is 11.3. The average Bonchev–Trinajstić information content (AvgIpc) is 2.68. The van der Waals surface area contributed by atoms with Gasteiger partial charge in [-0.3, -0.25) is 0 Å². The molecule has 0 saturated heterocycles. The number of hydrogen-bond acceptors (Lipinski definition) is 1. The minimum atomic E-state index is 0.621. The fraction of sp³-hybridized carbons (Fsp3) is 0.615. The van der Waals surface area contributed by atoms with Crippen molar-refractivity contribution in [3.8, 4) is 0 Å². The number of aliphatic imine (C=N–C) groups is 1. The molecule has 0 aliphatic carbocycles. The highest BCUT2D eigenvalue weighted by molar-refractivity contribution is 5.79. The lowest BCUT2D eigenvalue weighted by atomic mass is 10.2. The van der Waals surface area contributed by atoms with Gasteiger partial charge in [-0.25, -0.2) is 4.99 Å². The molecule has 0 bridgehead atoms. The van der Waals surface area contributed by atoms with E-state index >= 15 is 0 Å². The van der Waals surface area contributed by atoms with Crippen molar-refractivity contribution in [1.29, 1.82) is 0 Å². The van der Waals surface area contributed by atoms with E-state index in [0.717, 1.165) is 19.0 Å². The van der Waals surface area contributed by atoms with Crippen LogP contribution in [0, 0.1) is 5.92 Å². The van der Waals surface area contributed by atoms with Gasteiger partial charge in [0.25, 0.3) is 0 Å². The van der Waals surface area contributed by atoms with Crippen molar-refractivity contribution in [1.82, 2.24) is 15.2 Å². The van der Waals surface area contributed by atoms with Crippen LogP contribution in [0.5, 0.6) is 0 Å². The Kier molecular flexibility index (Phi) is 5.60. The minimum absolute atomic E-state index is 0.621. The van der Waals surface area contributed by atoms with Crippen LogP contribution >= 0.6 is 0 Å². The molecule has 0 aliphatic heterocycles. The van der Waals surface area contributed by atoms with Crippen LogP contribution in [0.15, 0.2) is 23.5 Å². The first kappa shape index (κ1) is 13.6. The molecule has 4 nitrogen and oxygen atoms in total. The van der Waals surface area contributed by atoms with Gasteiger partial charge in [-0.15, -0.1) is 0 Å². The van der Waals surface area contributed by atoms with Crippen LogP contribution in [0.2, 0.25) is 0 Å². The molecule has 17 heavy (non-hydrogen) atoms. The Morgan fingerprint density at radius 3 is 2.71 bits per heavy atom. The standard InChI is InChI=1S/C13H24N4/c1-5-14-13(15-8-11(2)3)16-9-12-6-7-17(4)10-12/h6-7,10-11H,5,8-9H2,1-4H3,(H2,14,15,16). The van der Waals surface area contributed by atoms with E-state index in [1.807, 2.05) is 17.8 Å². The molecule has 0 aromatic carbocycles. The van der Waals surface area contributed by atoms with E-state index in [4.69, 9.17) is 0 Å². The van der Waals surface area contributed by atoms with Crippen LogP contribution < -0.4 is 10.6 Å². The van der Waals surface area contributed by atoms with Crippen molar-refractivity contribution in [3.05, 3.63) is 24.0 Å². The van der Waals surface area contributed by atoms with Crippen LogP contribution in [0.25, 0.3) is 0 Å². The van der Waals surface area contributed by atoms with Crippen molar-refractivity contribution in [2.75, 3.05) is 13.1 Å². The van der Waals surface area contributed by atoms with Gasteiger partial charge < -0.3 is 15.2 Å². The monoisotopic (exact) mass is 236 g/mol. The summed E-state index contributed by atoms with van der Waals surface area (Å²) in [6.45, 7) is 9.00. The highest BCUT2D eigenvalue weighted by atomic mass is 15.2. The molecule has 0 fully saturated rings. The van der Waals surface area contributed by atoms with Crippen molar-refractivity contribution >= 4 is 5.96 Å². The lowest BCUT2D eigenvalue weighted by Crippen LogP contribution is -2.39. The number of aromatic nitrogens is 1. The third-order valence-corrected chi connectivity index (χ3v) is 2.33. The highest BCUT2D eigenvalue weighted by Gasteiger charge is 1.99. The molecule has 0 spiro atoms. The van der Waals surface area contributed by atoms with Crippen LogP contribution in [0.1, 0.15) is 26.3 Å². The lowest BCUT2D eigenvalue weighted by molar-refractivity contribution is 0.615. The Hall–Kier alpha value is -1.45. The second-order valence-electron chi connectivity index (χ2n) is 4.66. The predicted octanol–water partition coefficient (Wildman–Crippen LogP) is 1.74. The fourth-order valence-corrected chi connectivity index (χ4v) is 1.47. The molecule has 0 aliphatic rings. The molecule has 2 N–H and O–H groups in total. The third kappa shape index (κ3) is 5.43. The highest BCUT2D eigenvalue weighted by Crippen LogP contribution is 2.01. The first-order valence-corrected chi connectivity index (χ1v) is 6.24. The molecule has 96 valence electrons. The second kappa shape index (κ2) is 6.99. The summed E-state index contributed by atoms with van der Waals surface area (Å²) in [7, 11) is 2.02. The zero-order chi connectivity index (χ0) is 12.7. The Morgan fingerprint density at radius 1 is 1.41 bits per heavy atom. The van der Waals surface area contributed by atoms with E-state index in [1.165, 1.54) is 5.56 Å². The Balaban J connectivity index is 2.50. The second-order valence-corrected chi connectivity index (χ2v) is 4.66. The van der Waals surface area contributed by atoms with Gasteiger partial charge in [0.2, 0.25) is 0 Å². The number of nitrogens with one attached hydrogen (secondary N) is 2. The maximum atomic E-state index is 4.55. The normalized spacial score (nSPS) is 11.9. The summed E-state index contributed by atoms with van der Waals surface area (Å²) in [5, 5.41) is 6.58. The SMILES string of the molecule is CCNC(=NCc1ccn(C)c1)NCC(C)C. The molecule has 0 saturated carbocycles. The van der Waals surface area contributed by atoms with Crippen molar-refractivity contribution in [2.24, 2.45) is 18.0 Å². The van der Waals surface area contributed by atoms with Crippen molar-refractivity contribution in [3.63, 3.8) is 0 Å². The Bertz CT molecular complexity index is 352. The van der Waals surface area contributed by atoms with E-state index in [1.54, 1.807) is 0 Å². The number of hydrogen-bond donors (Lipinski definition) is 2. The van der Waals surface area contributed by atoms with Crippen LogP contribution in [-0.2, 0) is 13.6 Å². The van der Waals surface area contributed by atoms with Crippen LogP contribution in [0.3, 0.4) is 0 Å². The van der Waals surface area contributed by atoms with Gasteiger partial charge in [0.15, 0.2) is 5.96 Å². The quantitative estimate of drug-likeness (QED) is 0.604. The van der Waals surface area contributed by atoms with E-state index in [-0.39, 0.29) is 0 Å². The molecule has 4 heteroatoms. The summed E-state index contributed by atoms with van der Waals surface area (Å²) in [6.07, 6.45) is 4.13.